The third kappa shape index (κ3) is 4.58. The standard InChI is InChI=1S/C18H20FNO2/c1-13(2)15-4-3-5-17(12-15)22-11-10-20-18(21)14-6-8-16(19)9-7-14/h3-9,12-13H,10-11H2,1-2H3,(H,20,21). The van der Waals surface area contributed by atoms with Crippen LogP contribution in [0.2, 0.25) is 0 Å². The van der Waals surface area contributed by atoms with Gasteiger partial charge in [0.25, 0.3) is 5.91 Å². The van der Waals surface area contributed by atoms with Crippen molar-refractivity contribution in [2.24, 2.45) is 0 Å². The summed E-state index contributed by atoms with van der Waals surface area (Å²) in [6, 6.07) is 13.4. The number of halogens is 1. The summed E-state index contributed by atoms with van der Waals surface area (Å²) in [6.07, 6.45) is 0. The lowest BCUT2D eigenvalue weighted by atomic mass is 10.0. The van der Waals surface area contributed by atoms with E-state index in [1.807, 2.05) is 18.2 Å². The topological polar surface area (TPSA) is 38.3 Å². The predicted molar refractivity (Wildman–Crippen MR) is 84.8 cm³/mol. The lowest BCUT2D eigenvalue weighted by molar-refractivity contribution is 0.0947. The first-order valence-electron chi connectivity index (χ1n) is 7.33. The van der Waals surface area contributed by atoms with Crippen molar-refractivity contribution in [3.8, 4) is 5.75 Å². The molecule has 116 valence electrons. The van der Waals surface area contributed by atoms with E-state index in [1.165, 1.54) is 29.8 Å². The van der Waals surface area contributed by atoms with Gasteiger partial charge in [-0.2, -0.15) is 0 Å². The van der Waals surface area contributed by atoms with E-state index < -0.39 is 0 Å². The zero-order chi connectivity index (χ0) is 15.9. The van der Waals surface area contributed by atoms with Crippen molar-refractivity contribution >= 4 is 5.91 Å². The van der Waals surface area contributed by atoms with E-state index in [9.17, 15) is 9.18 Å². The average Bonchev–Trinajstić information content (AvgIpc) is 2.52. The molecule has 1 N–H and O–H groups in total. The summed E-state index contributed by atoms with van der Waals surface area (Å²) in [5.41, 5.74) is 1.65. The molecule has 4 heteroatoms. The predicted octanol–water partition coefficient (Wildman–Crippen LogP) is 3.76. The number of carbonyl (C=O) groups excluding carboxylic acids is 1. The van der Waals surface area contributed by atoms with Crippen LogP contribution >= 0.6 is 0 Å². The Morgan fingerprint density at radius 3 is 2.59 bits per heavy atom. The fourth-order valence-corrected chi connectivity index (χ4v) is 2.00. The lowest BCUT2D eigenvalue weighted by Gasteiger charge is -2.10. The first-order valence-corrected chi connectivity index (χ1v) is 7.33. The monoisotopic (exact) mass is 301 g/mol. The van der Waals surface area contributed by atoms with Crippen molar-refractivity contribution < 1.29 is 13.9 Å². The van der Waals surface area contributed by atoms with Crippen LogP contribution in [-0.4, -0.2) is 19.1 Å². The van der Waals surface area contributed by atoms with E-state index in [-0.39, 0.29) is 11.7 Å². The zero-order valence-corrected chi connectivity index (χ0v) is 12.8. The Labute approximate surface area is 130 Å². The van der Waals surface area contributed by atoms with E-state index in [4.69, 9.17) is 4.74 Å². The van der Waals surface area contributed by atoms with Gasteiger partial charge in [-0.3, -0.25) is 4.79 Å². The van der Waals surface area contributed by atoms with Gasteiger partial charge in [-0.05, 0) is 47.9 Å². The fourth-order valence-electron chi connectivity index (χ4n) is 2.00. The molecule has 0 radical (unpaired) electrons. The Bertz CT molecular complexity index is 623. The van der Waals surface area contributed by atoms with Crippen LogP contribution in [0.5, 0.6) is 5.75 Å². The van der Waals surface area contributed by atoms with E-state index >= 15 is 0 Å². The minimum Gasteiger partial charge on any atom is -0.492 e. The van der Waals surface area contributed by atoms with Crippen LogP contribution in [0, 0.1) is 5.82 Å². The molecule has 0 aliphatic heterocycles. The molecule has 0 unspecified atom stereocenters. The van der Waals surface area contributed by atoms with Crippen molar-refractivity contribution in [3.63, 3.8) is 0 Å². The maximum absolute atomic E-state index is 12.8. The highest BCUT2D eigenvalue weighted by Crippen LogP contribution is 2.19. The first-order chi connectivity index (χ1) is 10.6. The summed E-state index contributed by atoms with van der Waals surface area (Å²) in [5.74, 6) is 0.647. The fraction of sp³-hybridized carbons (Fsp3) is 0.278. The van der Waals surface area contributed by atoms with Crippen LogP contribution in [-0.2, 0) is 0 Å². The van der Waals surface area contributed by atoms with Crippen molar-refractivity contribution in [2.75, 3.05) is 13.2 Å². The summed E-state index contributed by atoms with van der Waals surface area (Å²) in [5, 5.41) is 2.74. The highest BCUT2D eigenvalue weighted by atomic mass is 19.1. The number of nitrogens with one attached hydrogen (secondary N) is 1. The molecule has 1 amide bonds. The molecule has 2 aromatic carbocycles. The Hall–Kier alpha value is -2.36. The van der Waals surface area contributed by atoms with Gasteiger partial charge in [0, 0.05) is 5.56 Å². The van der Waals surface area contributed by atoms with Crippen LogP contribution in [0.3, 0.4) is 0 Å². The van der Waals surface area contributed by atoms with Crippen molar-refractivity contribution in [1.82, 2.24) is 5.32 Å². The second kappa shape index (κ2) is 7.59. The normalized spacial score (nSPS) is 10.5. The van der Waals surface area contributed by atoms with Gasteiger partial charge in [-0.15, -0.1) is 0 Å². The molecule has 3 nitrogen and oxygen atoms in total. The summed E-state index contributed by atoms with van der Waals surface area (Å²) < 4.78 is 18.4. The molecule has 22 heavy (non-hydrogen) atoms. The number of ether oxygens (including phenoxy) is 1. The molecule has 0 atom stereocenters. The van der Waals surface area contributed by atoms with Crippen LogP contribution in [0.25, 0.3) is 0 Å². The SMILES string of the molecule is CC(C)c1cccc(OCCNC(=O)c2ccc(F)cc2)c1. The van der Waals surface area contributed by atoms with Gasteiger partial charge in [-0.1, -0.05) is 26.0 Å². The van der Waals surface area contributed by atoms with Gasteiger partial charge in [0.15, 0.2) is 0 Å². The maximum Gasteiger partial charge on any atom is 0.251 e. The summed E-state index contributed by atoms with van der Waals surface area (Å²) in [7, 11) is 0. The van der Waals surface area contributed by atoms with Crippen molar-refractivity contribution in [2.45, 2.75) is 19.8 Å². The molecule has 0 aliphatic rings. The minimum atomic E-state index is -0.357. The second-order valence-electron chi connectivity index (χ2n) is 5.34. The van der Waals surface area contributed by atoms with Crippen LogP contribution in [0.15, 0.2) is 48.5 Å². The Balaban J connectivity index is 1.78. The highest BCUT2D eigenvalue weighted by molar-refractivity contribution is 5.94. The molecule has 2 aromatic rings. The summed E-state index contributed by atoms with van der Waals surface area (Å²) in [4.78, 5) is 11.8. The quantitative estimate of drug-likeness (QED) is 0.825. The van der Waals surface area contributed by atoms with Crippen LogP contribution in [0.4, 0.5) is 4.39 Å². The number of amides is 1. The van der Waals surface area contributed by atoms with Crippen molar-refractivity contribution in [1.29, 1.82) is 0 Å². The third-order valence-electron chi connectivity index (χ3n) is 3.29. The molecule has 0 saturated heterocycles. The van der Waals surface area contributed by atoms with Gasteiger partial charge in [0.05, 0.1) is 6.54 Å². The molecule has 0 fully saturated rings. The molecule has 0 saturated carbocycles. The molecule has 0 bridgehead atoms. The third-order valence-corrected chi connectivity index (χ3v) is 3.29. The molecule has 0 spiro atoms. The Morgan fingerprint density at radius 1 is 1.18 bits per heavy atom. The van der Waals surface area contributed by atoms with E-state index in [1.54, 1.807) is 0 Å². The van der Waals surface area contributed by atoms with Gasteiger partial charge >= 0.3 is 0 Å². The zero-order valence-electron chi connectivity index (χ0n) is 12.8. The smallest absolute Gasteiger partial charge is 0.251 e. The highest BCUT2D eigenvalue weighted by Gasteiger charge is 2.05. The number of hydrogen-bond donors (Lipinski definition) is 1. The van der Waals surface area contributed by atoms with Crippen LogP contribution < -0.4 is 10.1 Å². The van der Waals surface area contributed by atoms with Crippen molar-refractivity contribution in [3.05, 3.63) is 65.5 Å². The van der Waals surface area contributed by atoms with E-state index in [0.717, 1.165) is 5.75 Å². The summed E-state index contributed by atoms with van der Waals surface area (Å²) in [6.45, 7) is 5.03. The molecule has 2 rings (SSSR count). The number of carbonyl (C=O) groups is 1. The number of hydrogen-bond acceptors (Lipinski definition) is 2. The molecule has 0 aliphatic carbocycles. The minimum absolute atomic E-state index is 0.237. The lowest BCUT2D eigenvalue weighted by Crippen LogP contribution is -2.28. The van der Waals surface area contributed by atoms with Gasteiger partial charge in [0.2, 0.25) is 0 Å². The molecule has 0 aromatic heterocycles. The Kier molecular flexibility index (Phi) is 5.53. The Morgan fingerprint density at radius 2 is 1.91 bits per heavy atom. The maximum atomic E-state index is 12.8. The number of benzene rings is 2. The van der Waals surface area contributed by atoms with Crippen LogP contribution in [0.1, 0.15) is 35.7 Å². The molecule has 0 heterocycles. The van der Waals surface area contributed by atoms with Gasteiger partial charge < -0.3 is 10.1 Å². The summed E-state index contributed by atoms with van der Waals surface area (Å²) >= 11 is 0. The van der Waals surface area contributed by atoms with E-state index in [2.05, 4.69) is 25.2 Å². The molecular weight excluding hydrogens is 281 g/mol. The van der Waals surface area contributed by atoms with Gasteiger partial charge in [0.1, 0.15) is 18.2 Å². The molecular formula is C18H20FNO2. The largest absolute Gasteiger partial charge is 0.492 e. The van der Waals surface area contributed by atoms with Gasteiger partial charge in [-0.25, -0.2) is 4.39 Å². The number of rotatable bonds is 6. The average molecular weight is 301 g/mol. The first kappa shape index (κ1) is 16.0. The van der Waals surface area contributed by atoms with E-state index in [0.29, 0.717) is 24.6 Å². The second-order valence-corrected chi connectivity index (χ2v) is 5.34.